The number of likely N-dealkylation sites (tertiary alicyclic amines) is 1. The van der Waals surface area contributed by atoms with E-state index in [2.05, 4.69) is 24.1 Å². The van der Waals surface area contributed by atoms with E-state index in [1.807, 2.05) is 0 Å². The van der Waals surface area contributed by atoms with Crippen molar-refractivity contribution in [2.45, 2.75) is 76.9 Å². The van der Waals surface area contributed by atoms with Crippen molar-refractivity contribution in [2.24, 2.45) is 23.7 Å². The fraction of sp³-hybridized carbons (Fsp3) is 1.00. The maximum atomic E-state index is 4.21. The smallest absolute Gasteiger partial charge is 0.0151 e. The summed E-state index contributed by atoms with van der Waals surface area (Å²) in [4.78, 5) is 2.75. The third-order valence-corrected chi connectivity index (χ3v) is 6.48. The number of nitrogens with zero attached hydrogens (tertiary/aromatic N) is 1. The third kappa shape index (κ3) is 2.66. The van der Waals surface area contributed by atoms with E-state index in [0.717, 1.165) is 41.8 Å². The van der Waals surface area contributed by atoms with Crippen LogP contribution in [0.4, 0.5) is 0 Å². The molecule has 20 heavy (non-hydrogen) atoms. The highest BCUT2D eigenvalue weighted by atomic mass is 15.2. The Morgan fingerprint density at radius 2 is 1.40 bits per heavy atom. The fourth-order valence-corrected chi connectivity index (χ4v) is 4.96. The molecule has 2 bridgehead atoms. The predicted octanol–water partition coefficient (Wildman–Crippen LogP) is 3.27. The topological polar surface area (TPSA) is 15.3 Å². The molecule has 2 atom stereocenters. The summed E-state index contributed by atoms with van der Waals surface area (Å²) in [5.41, 5.74) is 0. The summed E-state index contributed by atoms with van der Waals surface area (Å²) in [5.74, 6) is 3.97. The second-order valence-electron chi connectivity index (χ2n) is 8.39. The van der Waals surface area contributed by atoms with Crippen LogP contribution >= 0.6 is 0 Å². The molecule has 2 heteroatoms. The molecule has 0 aromatic rings. The minimum atomic E-state index is 0.738. The van der Waals surface area contributed by atoms with Crippen LogP contribution in [0.5, 0.6) is 0 Å². The lowest BCUT2D eigenvalue weighted by Crippen LogP contribution is -2.60. The molecule has 4 rings (SSSR count). The number of hydrogen-bond acceptors (Lipinski definition) is 2. The first-order valence-corrected chi connectivity index (χ1v) is 9.22. The quantitative estimate of drug-likeness (QED) is 0.829. The van der Waals surface area contributed by atoms with Crippen LogP contribution in [0, 0.1) is 23.7 Å². The lowest BCUT2D eigenvalue weighted by Gasteiger charge is -2.50. The molecule has 114 valence electrons. The molecule has 0 amide bonds. The lowest BCUT2D eigenvalue weighted by atomic mass is 9.72. The molecule has 0 aromatic carbocycles. The van der Waals surface area contributed by atoms with Crippen LogP contribution in [0.15, 0.2) is 0 Å². The Bertz CT molecular complexity index is 319. The van der Waals surface area contributed by atoms with Crippen molar-refractivity contribution in [1.82, 2.24) is 10.2 Å². The van der Waals surface area contributed by atoms with Crippen LogP contribution in [0.25, 0.3) is 0 Å². The minimum absolute atomic E-state index is 0.738. The first kappa shape index (κ1) is 13.6. The zero-order chi connectivity index (χ0) is 13.7. The van der Waals surface area contributed by atoms with Crippen molar-refractivity contribution in [2.75, 3.05) is 13.1 Å². The lowest BCUT2D eigenvalue weighted by molar-refractivity contribution is 0.0224. The molecule has 3 aliphatic carbocycles. The predicted molar refractivity (Wildman–Crippen MR) is 83.7 cm³/mol. The van der Waals surface area contributed by atoms with Crippen LogP contribution < -0.4 is 5.32 Å². The van der Waals surface area contributed by atoms with E-state index in [1.54, 1.807) is 0 Å². The van der Waals surface area contributed by atoms with Crippen LogP contribution in [0.1, 0.15) is 58.8 Å². The van der Waals surface area contributed by atoms with Gasteiger partial charge in [-0.3, -0.25) is 0 Å². The summed E-state index contributed by atoms with van der Waals surface area (Å²) >= 11 is 0. The van der Waals surface area contributed by atoms with Gasteiger partial charge in [-0.25, -0.2) is 0 Å². The maximum Gasteiger partial charge on any atom is 0.0151 e. The van der Waals surface area contributed by atoms with E-state index in [-0.39, 0.29) is 0 Å². The van der Waals surface area contributed by atoms with Crippen LogP contribution in [0.2, 0.25) is 0 Å². The zero-order valence-electron chi connectivity index (χ0n) is 13.4. The van der Waals surface area contributed by atoms with Crippen LogP contribution in [-0.2, 0) is 0 Å². The molecule has 4 aliphatic rings. The average molecular weight is 276 g/mol. The van der Waals surface area contributed by atoms with E-state index in [1.165, 1.54) is 58.0 Å². The van der Waals surface area contributed by atoms with Crippen molar-refractivity contribution in [1.29, 1.82) is 0 Å². The van der Waals surface area contributed by atoms with Gasteiger partial charge in [0.15, 0.2) is 0 Å². The van der Waals surface area contributed by atoms with Gasteiger partial charge in [0.2, 0.25) is 0 Å². The normalized spacial score (nSPS) is 38.7. The highest BCUT2D eigenvalue weighted by molar-refractivity contribution is 5.02. The van der Waals surface area contributed by atoms with Gasteiger partial charge in [-0.2, -0.15) is 0 Å². The summed E-state index contributed by atoms with van der Waals surface area (Å²) in [7, 11) is 0. The zero-order valence-corrected chi connectivity index (χ0v) is 13.4. The molecule has 1 heterocycles. The van der Waals surface area contributed by atoms with Crippen molar-refractivity contribution < 1.29 is 0 Å². The van der Waals surface area contributed by atoms with Crippen molar-refractivity contribution in [3.8, 4) is 0 Å². The molecule has 1 N–H and O–H groups in total. The summed E-state index contributed by atoms with van der Waals surface area (Å²) in [6.45, 7) is 7.46. The number of rotatable bonds is 5. The SMILES string of the molecule is CC(C)N1CC2CCCC(C1)C2NC(C1CC1)C1CC1. The highest BCUT2D eigenvalue weighted by Gasteiger charge is 2.46. The summed E-state index contributed by atoms with van der Waals surface area (Å²) in [5, 5.41) is 4.21. The second-order valence-corrected chi connectivity index (χ2v) is 8.39. The van der Waals surface area contributed by atoms with Gasteiger partial charge in [0, 0.05) is 31.2 Å². The van der Waals surface area contributed by atoms with Gasteiger partial charge in [-0.1, -0.05) is 6.42 Å². The van der Waals surface area contributed by atoms with E-state index >= 15 is 0 Å². The molecule has 1 aliphatic heterocycles. The average Bonchev–Trinajstić information content (AvgIpc) is 3.26. The largest absolute Gasteiger partial charge is 0.310 e. The van der Waals surface area contributed by atoms with E-state index in [4.69, 9.17) is 0 Å². The molecule has 0 radical (unpaired) electrons. The standard InChI is InChI=1S/C18H32N2/c1-12(2)20-10-15-4-3-5-16(11-20)18(15)19-17(13-6-7-13)14-8-9-14/h12-19H,3-11H2,1-2H3. The van der Waals surface area contributed by atoms with Crippen molar-refractivity contribution >= 4 is 0 Å². The highest BCUT2D eigenvalue weighted by Crippen LogP contribution is 2.46. The van der Waals surface area contributed by atoms with Gasteiger partial charge in [-0.15, -0.1) is 0 Å². The van der Waals surface area contributed by atoms with Crippen LogP contribution in [-0.4, -0.2) is 36.1 Å². The first-order valence-electron chi connectivity index (χ1n) is 9.22. The van der Waals surface area contributed by atoms with Gasteiger partial charge >= 0.3 is 0 Å². The summed E-state index contributed by atoms with van der Waals surface area (Å²) < 4.78 is 0. The number of nitrogens with one attached hydrogen (secondary N) is 1. The maximum absolute atomic E-state index is 4.21. The summed E-state index contributed by atoms with van der Waals surface area (Å²) in [6, 6.07) is 2.49. The Kier molecular flexibility index (Phi) is 3.58. The van der Waals surface area contributed by atoms with Gasteiger partial charge in [-0.05, 0) is 76.0 Å². The third-order valence-electron chi connectivity index (χ3n) is 6.48. The Balaban J connectivity index is 1.44. The molecule has 2 unspecified atom stereocenters. The molecule has 0 spiro atoms. The van der Waals surface area contributed by atoms with Gasteiger partial charge in [0.25, 0.3) is 0 Å². The molecular weight excluding hydrogens is 244 g/mol. The van der Waals surface area contributed by atoms with Crippen molar-refractivity contribution in [3.63, 3.8) is 0 Å². The first-order chi connectivity index (χ1) is 9.72. The number of fused-ring (bicyclic) bond motifs is 2. The van der Waals surface area contributed by atoms with Gasteiger partial charge < -0.3 is 10.2 Å². The molecule has 0 aromatic heterocycles. The fourth-order valence-electron chi connectivity index (χ4n) is 4.96. The van der Waals surface area contributed by atoms with Crippen LogP contribution in [0.3, 0.4) is 0 Å². The number of piperidine rings is 1. The minimum Gasteiger partial charge on any atom is -0.310 e. The van der Waals surface area contributed by atoms with Gasteiger partial charge in [0.05, 0.1) is 0 Å². The monoisotopic (exact) mass is 276 g/mol. The molecule has 4 fully saturated rings. The van der Waals surface area contributed by atoms with E-state index < -0.39 is 0 Å². The Labute approximate surface area is 124 Å². The molecule has 2 nitrogen and oxygen atoms in total. The van der Waals surface area contributed by atoms with E-state index in [0.29, 0.717) is 0 Å². The Hall–Kier alpha value is -0.0800. The molecular formula is C18H32N2. The van der Waals surface area contributed by atoms with E-state index in [9.17, 15) is 0 Å². The van der Waals surface area contributed by atoms with Crippen molar-refractivity contribution in [3.05, 3.63) is 0 Å². The Morgan fingerprint density at radius 1 is 0.850 bits per heavy atom. The Morgan fingerprint density at radius 3 is 1.85 bits per heavy atom. The second kappa shape index (κ2) is 5.28. The molecule has 1 saturated heterocycles. The number of hydrogen-bond donors (Lipinski definition) is 1. The summed E-state index contributed by atoms with van der Waals surface area (Å²) in [6.07, 6.45) is 10.5. The molecule has 3 saturated carbocycles. The van der Waals surface area contributed by atoms with Gasteiger partial charge in [0.1, 0.15) is 0 Å².